The molecule has 1 aliphatic carbocycles. The van der Waals surface area contributed by atoms with Crippen LogP contribution in [0.2, 0.25) is 0 Å². The number of nitrogens with zero attached hydrogens (tertiary/aromatic N) is 3. The molecule has 2 aliphatic heterocycles. The van der Waals surface area contributed by atoms with Gasteiger partial charge in [0, 0.05) is 63.1 Å². The van der Waals surface area contributed by atoms with Crippen molar-refractivity contribution in [2.24, 2.45) is 0 Å². The first-order valence-electron chi connectivity index (χ1n) is 11.0. The standard InChI is InChI=1S/C20H33N5O4S/c1-30(27,28)24-9-2-3-17(14-24)25(16-6-11-29-12-7-16)10-8-21-20(26)19-13-18(22-23-19)15-4-5-15/h13,15-17H,2-12,14H2,1H3,(H,21,26)(H,22,23). The summed E-state index contributed by atoms with van der Waals surface area (Å²) in [5.41, 5.74) is 1.49. The molecule has 9 nitrogen and oxygen atoms in total. The Kier molecular flexibility index (Phi) is 6.76. The molecule has 0 radical (unpaired) electrons. The number of amides is 1. The van der Waals surface area contributed by atoms with Gasteiger partial charge < -0.3 is 10.1 Å². The van der Waals surface area contributed by atoms with Gasteiger partial charge in [0.1, 0.15) is 5.69 Å². The zero-order valence-electron chi connectivity index (χ0n) is 17.7. The molecule has 1 atom stereocenters. The van der Waals surface area contributed by atoms with Gasteiger partial charge in [0.25, 0.3) is 5.91 Å². The summed E-state index contributed by atoms with van der Waals surface area (Å²) in [7, 11) is -3.19. The molecule has 1 unspecified atom stereocenters. The van der Waals surface area contributed by atoms with E-state index in [1.807, 2.05) is 6.07 Å². The first kappa shape index (κ1) is 21.7. The molecule has 0 aromatic carbocycles. The van der Waals surface area contributed by atoms with Gasteiger partial charge in [-0.1, -0.05) is 0 Å². The van der Waals surface area contributed by atoms with E-state index in [9.17, 15) is 13.2 Å². The molecular formula is C20H33N5O4S. The highest BCUT2D eigenvalue weighted by atomic mass is 32.2. The molecule has 4 rings (SSSR count). The van der Waals surface area contributed by atoms with Crippen LogP contribution in [0.25, 0.3) is 0 Å². The third kappa shape index (κ3) is 5.40. The summed E-state index contributed by atoms with van der Waals surface area (Å²) in [6, 6.07) is 2.38. The van der Waals surface area contributed by atoms with Crippen LogP contribution >= 0.6 is 0 Å². The van der Waals surface area contributed by atoms with E-state index in [0.717, 1.165) is 57.4 Å². The fourth-order valence-corrected chi connectivity index (χ4v) is 5.52. The number of hydrogen-bond acceptors (Lipinski definition) is 6. The van der Waals surface area contributed by atoms with Crippen LogP contribution in [0.15, 0.2) is 6.07 Å². The normalized spacial score (nSPS) is 24.3. The molecule has 3 fully saturated rings. The van der Waals surface area contributed by atoms with Crippen LogP contribution in [0.3, 0.4) is 0 Å². The SMILES string of the molecule is CS(=O)(=O)N1CCCC(N(CCNC(=O)c2cc(C3CC3)[nH]n2)C2CCOCC2)C1. The van der Waals surface area contributed by atoms with E-state index < -0.39 is 10.0 Å². The fourth-order valence-electron chi connectivity index (χ4n) is 4.62. The van der Waals surface area contributed by atoms with Crippen LogP contribution in [0, 0.1) is 0 Å². The molecule has 1 saturated carbocycles. The topological polar surface area (TPSA) is 108 Å². The van der Waals surface area contributed by atoms with Crippen molar-refractivity contribution in [2.75, 3.05) is 45.6 Å². The summed E-state index contributed by atoms with van der Waals surface area (Å²) >= 11 is 0. The van der Waals surface area contributed by atoms with Gasteiger partial charge >= 0.3 is 0 Å². The van der Waals surface area contributed by atoms with Gasteiger partial charge in [-0.05, 0) is 44.6 Å². The number of hydrogen-bond donors (Lipinski definition) is 2. The largest absolute Gasteiger partial charge is 0.381 e. The third-order valence-electron chi connectivity index (χ3n) is 6.46. The zero-order chi connectivity index (χ0) is 21.1. The number of aromatic amines is 1. The highest BCUT2D eigenvalue weighted by molar-refractivity contribution is 7.88. The lowest BCUT2D eigenvalue weighted by atomic mass is 9.99. The maximum Gasteiger partial charge on any atom is 0.271 e. The first-order valence-corrected chi connectivity index (χ1v) is 12.9. The molecule has 168 valence electrons. The molecule has 1 aromatic rings. The Morgan fingerprint density at radius 1 is 1.27 bits per heavy atom. The molecule has 1 aromatic heterocycles. The summed E-state index contributed by atoms with van der Waals surface area (Å²) in [5.74, 6) is 0.374. The lowest BCUT2D eigenvalue weighted by Crippen LogP contribution is -2.55. The fraction of sp³-hybridized carbons (Fsp3) is 0.800. The predicted octanol–water partition coefficient (Wildman–Crippen LogP) is 0.922. The predicted molar refractivity (Wildman–Crippen MR) is 113 cm³/mol. The number of aromatic nitrogens is 2. The minimum Gasteiger partial charge on any atom is -0.381 e. The molecule has 1 amide bonds. The number of ether oxygens (including phenoxy) is 1. The number of carbonyl (C=O) groups excluding carboxylic acids is 1. The lowest BCUT2D eigenvalue weighted by Gasteiger charge is -2.43. The van der Waals surface area contributed by atoms with E-state index in [0.29, 0.717) is 43.8 Å². The van der Waals surface area contributed by atoms with Crippen molar-refractivity contribution in [3.05, 3.63) is 17.5 Å². The van der Waals surface area contributed by atoms with Crippen molar-refractivity contribution in [1.29, 1.82) is 0 Å². The van der Waals surface area contributed by atoms with E-state index in [2.05, 4.69) is 20.4 Å². The van der Waals surface area contributed by atoms with Crippen LogP contribution in [-0.4, -0.2) is 91.5 Å². The van der Waals surface area contributed by atoms with E-state index in [-0.39, 0.29) is 11.9 Å². The number of H-pyrrole nitrogens is 1. The first-order chi connectivity index (χ1) is 14.4. The Morgan fingerprint density at radius 2 is 2.03 bits per heavy atom. The Balaban J connectivity index is 1.36. The van der Waals surface area contributed by atoms with Crippen LogP contribution < -0.4 is 5.32 Å². The lowest BCUT2D eigenvalue weighted by molar-refractivity contribution is 0.00672. The van der Waals surface area contributed by atoms with E-state index in [1.54, 1.807) is 4.31 Å². The average molecular weight is 440 g/mol. The highest BCUT2D eigenvalue weighted by Gasteiger charge is 2.33. The molecule has 2 N–H and O–H groups in total. The molecule has 0 spiro atoms. The summed E-state index contributed by atoms with van der Waals surface area (Å²) in [6.45, 7) is 3.78. The molecule has 3 aliphatic rings. The van der Waals surface area contributed by atoms with Gasteiger partial charge in [0.05, 0.1) is 6.26 Å². The molecule has 3 heterocycles. The summed E-state index contributed by atoms with van der Waals surface area (Å²) in [5, 5.41) is 10.1. The van der Waals surface area contributed by atoms with Crippen LogP contribution in [-0.2, 0) is 14.8 Å². The summed E-state index contributed by atoms with van der Waals surface area (Å²) in [4.78, 5) is 14.9. The molecule has 2 saturated heterocycles. The Morgan fingerprint density at radius 3 is 2.73 bits per heavy atom. The maximum atomic E-state index is 12.5. The van der Waals surface area contributed by atoms with Crippen molar-refractivity contribution < 1.29 is 17.9 Å². The molecule has 30 heavy (non-hydrogen) atoms. The van der Waals surface area contributed by atoms with E-state index >= 15 is 0 Å². The maximum absolute atomic E-state index is 12.5. The van der Waals surface area contributed by atoms with Gasteiger partial charge in [-0.25, -0.2) is 12.7 Å². The van der Waals surface area contributed by atoms with E-state index in [1.165, 1.54) is 6.26 Å². The Labute approximate surface area is 178 Å². The smallest absolute Gasteiger partial charge is 0.271 e. The van der Waals surface area contributed by atoms with Crippen molar-refractivity contribution in [1.82, 2.24) is 24.7 Å². The summed E-state index contributed by atoms with van der Waals surface area (Å²) < 4.78 is 31.2. The van der Waals surface area contributed by atoms with Gasteiger partial charge in [-0.15, -0.1) is 0 Å². The van der Waals surface area contributed by atoms with Crippen molar-refractivity contribution in [3.8, 4) is 0 Å². The Bertz CT molecular complexity index is 832. The number of nitrogens with one attached hydrogen (secondary N) is 2. The molecule has 10 heteroatoms. The number of piperidine rings is 1. The van der Waals surface area contributed by atoms with Crippen molar-refractivity contribution in [3.63, 3.8) is 0 Å². The van der Waals surface area contributed by atoms with Crippen LogP contribution in [0.4, 0.5) is 0 Å². The van der Waals surface area contributed by atoms with E-state index in [4.69, 9.17) is 4.74 Å². The third-order valence-corrected chi connectivity index (χ3v) is 7.73. The monoisotopic (exact) mass is 439 g/mol. The molecule has 0 bridgehead atoms. The summed E-state index contributed by atoms with van der Waals surface area (Å²) in [6.07, 6.45) is 7.32. The highest BCUT2D eigenvalue weighted by Crippen LogP contribution is 2.38. The van der Waals surface area contributed by atoms with Crippen molar-refractivity contribution in [2.45, 2.75) is 56.5 Å². The zero-order valence-corrected chi connectivity index (χ0v) is 18.5. The molecular weight excluding hydrogens is 406 g/mol. The second kappa shape index (κ2) is 9.33. The van der Waals surface area contributed by atoms with Crippen LogP contribution in [0.5, 0.6) is 0 Å². The minimum atomic E-state index is -3.19. The second-order valence-corrected chi connectivity index (χ2v) is 10.7. The van der Waals surface area contributed by atoms with Crippen LogP contribution in [0.1, 0.15) is 60.6 Å². The quantitative estimate of drug-likeness (QED) is 0.624. The van der Waals surface area contributed by atoms with Gasteiger partial charge in [-0.3, -0.25) is 14.8 Å². The van der Waals surface area contributed by atoms with Gasteiger partial charge in [-0.2, -0.15) is 5.10 Å². The minimum absolute atomic E-state index is 0.161. The second-order valence-electron chi connectivity index (χ2n) is 8.74. The average Bonchev–Trinajstić information content (AvgIpc) is 3.47. The number of carbonyl (C=O) groups is 1. The van der Waals surface area contributed by atoms with Crippen molar-refractivity contribution >= 4 is 15.9 Å². The number of rotatable bonds is 8. The van der Waals surface area contributed by atoms with Gasteiger partial charge in [0.2, 0.25) is 10.0 Å². The number of sulfonamides is 1. The Hall–Kier alpha value is -1.49. The van der Waals surface area contributed by atoms with Gasteiger partial charge in [0.15, 0.2) is 0 Å².